The molecule has 2 aliphatic rings. The summed E-state index contributed by atoms with van der Waals surface area (Å²) in [4.78, 5) is 31.0. The summed E-state index contributed by atoms with van der Waals surface area (Å²) in [6.07, 6.45) is 5.99. The van der Waals surface area contributed by atoms with Gasteiger partial charge in [0.05, 0.1) is 0 Å². The first kappa shape index (κ1) is 17.9. The number of hydrogen-bond acceptors (Lipinski definition) is 2. The van der Waals surface area contributed by atoms with E-state index >= 15 is 0 Å². The summed E-state index contributed by atoms with van der Waals surface area (Å²) in [6.45, 7) is 5.03. The first-order chi connectivity index (χ1) is 13.2. The Balaban J connectivity index is 1.26. The lowest BCUT2D eigenvalue weighted by Gasteiger charge is -2.38. The van der Waals surface area contributed by atoms with Crippen LogP contribution >= 0.6 is 0 Å². The second-order valence-corrected chi connectivity index (χ2v) is 7.52. The van der Waals surface area contributed by atoms with Gasteiger partial charge in [-0.25, -0.2) is 4.79 Å². The Morgan fingerprint density at radius 2 is 1.44 bits per heavy atom. The Morgan fingerprint density at radius 1 is 0.778 bits per heavy atom. The number of amides is 3. The van der Waals surface area contributed by atoms with Crippen molar-refractivity contribution in [2.24, 2.45) is 0 Å². The summed E-state index contributed by atoms with van der Waals surface area (Å²) >= 11 is 0. The summed E-state index contributed by atoms with van der Waals surface area (Å²) in [5, 5.41) is 1.20. The average molecular weight is 368 g/mol. The van der Waals surface area contributed by atoms with Gasteiger partial charge in [-0.2, -0.15) is 0 Å². The summed E-state index contributed by atoms with van der Waals surface area (Å²) in [5.41, 5.74) is 1.17. The van der Waals surface area contributed by atoms with Crippen molar-refractivity contribution in [3.05, 3.63) is 36.5 Å². The molecule has 144 valence electrons. The monoisotopic (exact) mass is 368 g/mol. The van der Waals surface area contributed by atoms with Gasteiger partial charge in [0.2, 0.25) is 5.91 Å². The minimum atomic E-state index is 0.153. The number of piperidine rings is 1. The minimum absolute atomic E-state index is 0.153. The van der Waals surface area contributed by atoms with Crippen LogP contribution in [0.1, 0.15) is 25.7 Å². The van der Waals surface area contributed by atoms with Crippen LogP contribution < -0.4 is 0 Å². The topological polar surface area (TPSA) is 48.8 Å². The number of urea groups is 1. The summed E-state index contributed by atoms with van der Waals surface area (Å²) in [5.74, 6) is 0.179. The maximum absolute atomic E-state index is 12.6. The molecule has 0 unspecified atom stereocenters. The van der Waals surface area contributed by atoms with E-state index in [0.29, 0.717) is 39.1 Å². The van der Waals surface area contributed by atoms with Crippen molar-refractivity contribution in [2.45, 2.75) is 32.2 Å². The fourth-order valence-electron chi connectivity index (χ4n) is 4.14. The van der Waals surface area contributed by atoms with E-state index in [1.165, 1.54) is 17.3 Å². The van der Waals surface area contributed by atoms with Gasteiger partial charge >= 0.3 is 6.03 Å². The number of carbonyl (C=O) groups excluding carboxylic acids is 2. The Morgan fingerprint density at radius 3 is 2.22 bits per heavy atom. The Kier molecular flexibility index (Phi) is 5.32. The van der Waals surface area contributed by atoms with Gasteiger partial charge < -0.3 is 19.3 Å². The number of aryl methyl sites for hydroxylation is 1. The highest BCUT2D eigenvalue weighted by Gasteiger charge is 2.27. The normalized spacial score (nSPS) is 18.1. The van der Waals surface area contributed by atoms with Crippen LogP contribution in [-0.4, -0.2) is 70.5 Å². The number of rotatable bonds is 3. The van der Waals surface area contributed by atoms with E-state index in [1.807, 2.05) is 33.0 Å². The molecule has 3 heterocycles. The number of piperazine rings is 1. The molecular formula is C21H28N4O2. The predicted octanol–water partition coefficient (Wildman–Crippen LogP) is 2.78. The van der Waals surface area contributed by atoms with Crippen LogP contribution in [0.25, 0.3) is 10.9 Å². The molecule has 6 heteroatoms. The van der Waals surface area contributed by atoms with Crippen molar-refractivity contribution in [3.63, 3.8) is 0 Å². The van der Waals surface area contributed by atoms with Crippen molar-refractivity contribution < 1.29 is 9.59 Å². The molecule has 27 heavy (non-hydrogen) atoms. The number of aromatic nitrogens is 1. The lowest BCUT2D eigenvalue weighted by Crippen LogP contribution is -2.54. The maximum atomic E-state index is 12.6. The molecule has 2 aromatic rings. The van der Waals surface area contributed by atoms with Crippen molar-refractivity contribution in [1.82, 2.24) is 19.3 Å². The highest BCUT2D eigenvalue weighted by atomic mass is 16.2. The third-order valence-corrected chi connectivity index (χ3v) is 5.78. The molecule has 0 saturated carbocycles. The van der Waals surface area contributed by atoms with E-state index in [0.717, 1.165) is 25.9 Å². The van der Waals surface area contributed by atoms with Crippen LogP contribution in [0.4, 0.5) is 4.79 Å². The zero-order valence-electron chi connectivity index (χ0n) is 15.8. The number of benzene rings is 1. The highest BCUT2D eigenvalue weighted by Crippen LogP contribution is 2.16. The minimum Gasteiger partial charge on any atom is -0.347 e. The van der Waals surface area contributed by atoms with Gasteiger partial charge in [-0.1, -0.05) is 18.2 Å². The van der Waals surface area contributed by atoms with Crippen molar-refractivity contribution >= 4 is 22.8 Å². The lowest BCUT2D eigenvalue weighted by molar-refractivity contribution is -0.132. The first-order valence-electron chi connectivity index (χ1n) is 10.1. The van der Waals surface area contributed by atoms with E-state index in [-0.39, 0.29) is 11.9 Å². The van der Waals surface area contributed by atoms with Crippen LogP contribution in [0, 0.1) is 0 Å². The third-order valence-electron chi connectivity index (χ3n) is 5.78. The zero-order chi connectivity index (χ0) is 18.6. The second-order valence-electron chi connectivity index (χ2n) is 7.52. The molecule has 2 saturated heterocycles. The van der Waals surface area contributed by atoms with Gasteiger partial charge in [0.15, 0.2) is 0 Å². The molecule has 0 aliphatic carbocycles. The summed E-state index contributed by atoms with van der Waals surface area (Å²) in [7, 11) is 0. The lowest BCUT2D eigenvalue weighted by atomic mass is 10.1. The number of hydrogen-bond donors (Lipinski definition) is 0. The fraction of sp³-hybridized carbons (Fsp3) is 0.524. The number of nitrogens with zero attached hydrogens (tertiary/aromatic N) is 4. The molecule has 2 aliphatic heterocycles. The molecule has 3 amide bonds. The smallest absolute Gasteiger partial charge is 0.320 e. The molecule has 0 spiro atoms. The van der Waals surface area contributed by atoms with E-state index < -0.39 is 0 Å². The maximum Gasteiger partial charge on any atom is 0.320 e. The molecule has 4 rings (SSSR count). The number of para-hydroxylation sites is 1. The van der Waals surface area contributed by atoms with Crippen LogP contribution in [-0.2, 0) is 11.3 Å². The molecule has 6 nitrogen and oxygen atoms in total. The number of fused-ring (bicyclic) bond motifs is 1. The Bertz CT molecular complexity index is 801. The number of carbonyl (C=O) groups is 2. The van der Waals surface area contributed by atoms with E-state index in [9.17, 15) is 9.59 Å². The molecule has 0 N–H and O–H groups in total. The third kappa shape index (κ3) is 3.94. The van der Waals surface area contributed by atoms with Gasteiger partial charge in [-0.05, 0) is 36.8 Å². The van der Waals surface area contributed by atoms with E-state index in [1.54, 1.807) is 0 Å². The molecule has 2 fully saturated rings. The van der Waals surface area contributed by atoms with Crippen molar-refractivity contribution in [1.29, 1.82) is 0 Å². The largest absolute Gasteiger partial charge is 0.347 e. The van der Waals surface area contributed by atoms with Crippen molar-refractivity contribution in [2.75, 3.05) is 39.3 Å². The molecule has 0 bridgehead atoms. The Hall–Kier alpha value is -2.50. The van der Waals surface area contributed by atoms with Crippen LogP contribution in [0.5, 0.6) is 0 Å². The van der Waals surface area contributed by atoms with E-state index in [2.05, 4.69) is 22.8 Å². The van der Waals surface area contributed by atoms with Gasteiger partial charge in [-0.3, -0.25) is 4.79 Å². The standard InChI is InChI=1S/C21H28N4O2/c26-20(9-13-22-12-8-18-6-2-3-7-19(18)22)23-14-16-25(17-15-23)21(27)24-10-4-1-5-11-24/h2-3,6-8,12H,1,4-5,9-11,13-17H2. The first-order valence-corrected chi connectivity index (χ1v) is 10.1. The summed E-state index contributed by atoms with van der Waals surface area (Å²) < 4.78 is 2.14. The SMILES string of the molecule is O=C(CCn1ccc2ccccc21)N1CCN(C(=O)N2CCCCC2)CC1. The predicted molar refractivity (Wildman–Crippen MR) is 106 cm³/mol. The average Bonchev–Trinajstić information content (AvgIpc) is 3.15. The molecule has 0 radical (unpaired) electrons. The number of likely N-dealkylation sites (tertiary alicyclic amines) is 1. The van der Waals surface area contributed by atoms with Gasteiger partial charge in [0.1, 0.15) is 0 Å². The second kappa shape index (κ2) is 8.03. The fourth-order valence-corrected chi connectivity index (χ4v) is 4.14. The van der Waals surface area contributed by atoms with E-state index in [4.69, 9.17) is 0 Å². The summed E-state index contributed by atoms with van der Waals surface area (Å²) in [6, 6.07) is 10.5. The van der Waals surface area contributed by atoms with Gasteiger partial charge in [0.25, 0.3) is 0 Å². The quantitative estimate of drug-likeness (QED) is 0.836. The Labute approximate surface area is 160 Å². The molecule has 1 aromatic carbocycles. The highest BCUT2D eigenvalue weighted by molar-refractivity contribution is 5.81. The van der Waals surface area contributed by atoms with Gasteiger partial charge in [-0.15, -0.1) is 0 Å². The van der Waals surface area contributed by atoms with Crippen LogP contribution in [0.3, 0.4) is 0 Å². The molecule has 0 atom stereocenters. The van der Waals surface area contributed by atoms with Gasteiger partial charge in [0, 0.05) is 63.9 Å². The van der Waals surface area contributed by atoms with Crippen molar-refractivity contribution in [3.8, 4) is 0 Å². The van der Waals surface area contributed by atoms with Crippen LogP contribution in [0.15, 0.2) is 36.5 Å². The van der Waals surface area contributed by atoms with Crippen LogP contribution in [0.2, 0.25) is 0 Å². The zero-order valence-corrected chi connectivity index (χ0v) is 15.8. The molecular weight excluding hydrogens is 340 g/mol. The molecule has 1 aromatic heterocycles.